The first-order valence-electron chi connectivity index (χ1n) is 13.8. The van der Waals surface area contributed by atoms with Gasteiger partial charge in [-0.3, -0.25) is 24.5 Å². The van der Waals surface area contributed by atoms with Crippen molar-refractivity contribution in [3.8, 4) is 5.75 Å². The Morgan fingerprint density at radius 3 is 2.42 bits per heavy atom. The topological polar surface area (TPSA) is 119 Å². The van der Waals surface area contributed by atoms with E-state index in [1.54, 1.807) is 42.5 Å². The van der Waals surface area contributed by atoms with Gasteiger partial charge in [0.1, 0.15) is 17.2 Å². The Labute approximate surface area is 246 Å². The van der Waals surface area contributed by atoms with Crippen LogP contribution in [0.25, 0.3) is 6.08 Å². The summed E-state index contributed by atoms with van der Waals surface area (Å²) in [5, 5.41) is 14.6. The van der Waals surface area contributed by atoms with E-state index >= 15 is 0 Å². The molecule has 9 heteroatoms. The largest absolute Gasteiger partial charge is 0.497 e. The molecule has 3 aliphatic heterocycles. The fourth-order valence-electron chi connectivity index (χ4n) is 7.02. The SMILES string of the molecule is COc1cccc(C(=O)[C@H]2[C@H](C(=O)c3cccc([N+](=O)[O-])c3)[C@]3(C(=O)Nc4ccccc43)[C@H]3C=Cc4ccccc4N23)c1. The molecule has 4 aromatic carbocycles. The van der Waals surface area contributed by atoms with Crippen molar-refractivity contribution in [1.29, 1.82) is 0 Å². The van der Waals surface area contributed by atoms with Crippen molar-refractivity contribution in [2.24, 2.45) is 5.92 Å². The van der Waals surface area contributed by atoms with E-state index in [0.29, 0.717) is 28.3 Å². The summed E-state index contributed by atoms with van der Waals surface area (Å²) in [6, 6.07) is 25.0. The molecule has 212 valence electrons. The lowest BCUT2D eigenvalue weighted by Crippen LogP contribution is -2.51. The van der Waals surface area contributed by atoms with Crippen LogP contribution in [0.15, 0.2) is 103 Å². The highest BCUT2D eigenvalue weighted by molar-refractivity contribution is 6.18. The number of para-hydroxylation sites is 2. The molecule has 0 bridgehead atoms. The van der Waals surface area contributed by atoms with Crippen molar-refractivity contribution in [2.75, 3.05) is 17.3 Å². The van der Waals surface area contributed by atoms with Crippen LogP contribution in [0.1, 0.15) is 31.8 Å². The number of hydrogen-bond donors (Lipinski definition) is 1. The molecule has 1 saturated heterocycles. The van der Waals surface area contributed by atoms with Gasteiger partial charge in [0, 0.05) is 34.6 Å². The van der Waals surface area contributed by atoms with Gasteiger partial charge in [-0.25, -0.2) is 0 Å². The minimum absolute atomic E-state index is 0.0521. The molecule has 43 heavy (non-hydrogen) atoms. The van der Waals surface area contributed by atoms with Gasteiger partial charge in [-0.05, 0) is 35.4 Å². The zero-order valence-corrected chi connectivity index (χ0v) is 23.0. The van der Waals surface area contributed by atoms with Crippen molar-refractivity contribution >= 4 is 40.6 Å². The Morgan fingerprint density at radius 1 is 0.907 bits per heavy atom. The van der Waals surface area contributed by atoms with Gasteiger partial charge in [0.05, 0.1) is 24.0 Å². The number of carbonyl (C=O) groups is 3. The maximum absolute atomic E-state index is 14.8. The van der Waals surface area contributed by atoms with E-state index in [1.807, 2.05) is 47.4 Å². The van der Waals surface area contributed by atoms with Gasteiger partial charge in [0.15, 0.2) is 11.6 Å². The highest BCUT2D eigenvalue weighted by Crippen LogP contribution is 2.58. The number of nitro benzene ring substituents is 1. The summed E-state index contributed by atoms with van der Waals surface area (Å²) < 4.78 is 5.39. The molecule has 0 aromatic heterocycles. The Kier molecular flexibility index (Phi) is 5.98. The van der Waals surface area contributed by atoms with Crippen LogP contribution in [0.2, 0.25) is 0 Å². The number of rotatable bonds is 6. The molecule has 1 fully saturated rings. The van der Waals surface area contributed by atoms with Crippen LogP contribution >= 0.6 is 0 Å². The van der Waals surface area contributed by atoms with E-state index < -0.39 is 40.0 Å². The third-order valence-electron chi connectivity index (χ3n) is 8.79. The average molecular weight is 572 g/mol. The molecule has 9 nitrogen and oxygen atoms in total. The van der Waals surface area contributed by atoms with E-state index in [4.69, 9.17) is 4.74 Å². The number of anilines is 2. The van der Waals surface area contributed by atoms with Gasteiger partial charge in [0.2, 0.25) is 5.91 Å². The maximum Gasteiger partial charge on any atom is 0.270 e. The van der Waals surface area contributed by atoms with Crippen LogP contribution in [0.4, 0.5) is 17.1 Å². The molecule has 0 unspecified atom stereocenters. The number of non-ortho nitro benzene ring substituents is 1. The van der Waals surface area contributed by atoms with Crippen molar-refractivity contribution in [2.45, 2.75) is 17.5 Å². The van der Waals surface area contributed by atoms with Crippen molar-refractivity contribution in [1.82, 2.24) is 0 Å². The number of carbonyl (C=O) groups excluding carboxylic acids is 3. The van der Waals surface area contributed by atoms with Gasteiger partial charge in [-0.1, -0.05) is 72.8 Å². The van der Waals surface area contributed by atoms with Gasteiger partial charge in [-0.2, -0.15) is 0 Å². The smallest absolute Gasteiger partial charge is 0.270 e. The summed E-state index contributed by atoms with van der Waals surface area (Å²) in [4.78, 5) is 57.0. The van der Waals surface area contributed by atoms with Crippen molar-refractivity contribution in [3.05, 3.63) is 136 Å². The lowest BCUT2D eigenvalue weighted by molar-refractivity contribution is -0.384. The Hall–Kier alpha value is -5.57. The highest BCUT2D eigenvalue weighted by atomic mass is 16.6. The molecule has 0 radical (unpaired) electrons. The number of ether oxygens (including phenoxy) is 1. The zero-order chi connectivity index (χ0) is 29.9. The summed E-state index contributed by atoms with van der Waals surface area (Å²) in [6.07, 6.45) is 3.80. The number of methoxy groups -OCH3 is 1. The average Bonchev–Trinajstić information content (AvgIpc) is 3.52. The summed E-state index contributed by atoms with van der Waals surface area (Å²) >= 11 is 0. The summed E-state index contributed by atoms with van der Waals surface area (Å²) in [5.41, 5.74) is 1.31. The number of fused-ring (bicyclic) bond motifs is 6. The van der Waals surface area contributed by atoms with Crippen LogP contribution in [0.5, 0.6) is 5.75 Å². The molecule has 0 saturated carbocycles. The van der Waals surface area contributed by atoms with Gasteiger partial charge >= 0.3 is 0 Å². The summed E-state index contributed by atoms with van der Waals surface area (Å²) in [7, 11) is 1.50. The fraction of sp³-hybridized carbons (Fsp3) is 0.147. The number of hydrogen-bond acceptors (Lipinski definition) is 7. The molecule has 3 aliphatic rings. The summed E-state index contributed by atoms with van der Waals surface area (Å²) in [6.45, 7) is 0. The summed E-state index contributed by atoms with van der Waals surface area (Å²) in [5.74, 6) is -2.07. The van der Waals surface area contributed by atoms with Crippen LogP contribution < -0.4 is 15.0 Å². The number of nitro groups is 1. The monoisotopic (exact) mass is 571 g/mol. The Morgan fingerprint density at radius 2 is 1.63 bits per heavy atom. The van der Waals surface area contributed by atoms with Crippen LogP contribution in [-0.2, 0) is 10.2 Å². The predicted molar refractivity (Wildman–Crippen MR) is 161 cm³/mol. The lowest BCUT2D eigenvalue weighted by Gasteiger charge is -2.37. The van der Waals surface area contributed by atoms with Crippen LogP contribution in [0.3, 0.4) is 0 Å². The van der Waals surface area contributed by atoms with Gasteiger partial charge < -0.3 is 15.0 Å². The lowest BCUT2D eigenvalue weighted by atomic mass is 9.64. The highest BCUT2D eigenvalue weighted by Gasteiger charge is 2.70. The quantitative estimate of drug-likeness (QED) is 0.185. The van der Waals surface area contributed by atoms with Gasteiger partial charge in [0.25, 0.3) is 5.69 Å². The van der Waals surface area contributed by atoms with E-state index in [2.05, 4.69) is 5.32 Å². The minimum Gasteiger partial charge on any atom is -0.497 e. The molecular weight excluding hydrogens is 546 g/mol. The van der Waals surface area contributed by atoms with Crippen molar-refractivity contribution in [3.63, 3.8) is 0 Å². The van der Waals surface area contributed by atoms with E-state index in [-0.39, 0.29) is 17.0 Å². The molecule has 4 aromatic rings. The molecule has 1 amide bonds. The predicted octanol–water partition coefficient (Wildman–Crippen LogP) is 5.46. The molecule has 4 atom stereocenters. The number of Topliss-reactive ketones (excluding diaryl/α,β-unsaturated/α-hetero) is 2. The van der Waals surface area contributed by atoms with E-state index in [9.17, 15) is 24.5 Å². The van der Waals surface area contributed by atoms with Crippen LogP contribution in [-0.4, -0.2) is 41.6 Å². The second kappa shape index (κ2) is 9.77. The second-order valence-corrected chi connectivity index (χ2v) is 10.8. The number of ketones is 2. The normalized spacial score (nSPS) is 22.9. The number of nitrogens with zero attached hydrogens (tertiary/aromatic N) is 2. The maximum atomic E-state index is 14.8. The third kappa shape index (κ3) is 3.74. The van der Waals surface area contributed by atoms with Gasteiger partial charge in [-0.15, -0.1) is 0 Å². The first-order chi connectivity index (χ1) is 20.9. The van der Waals surface area contributed by atoms with E-state index in [1.165, 1.54) is 31.4 Å². The van der Waals surface area contributed by atoms with Crippen LogP contribution in [0, 0.1) is 16.0 Å². The molecule has 1 N–H and O–H groups in total. The molecular formula is C34H25N3O6. The molecule has 3 heterocycles. The number of benzene rings is 4. The number of nitrogens with one attached hydrogen (secondary N) is 1. The second-order valence-electron chi connectivity index (χ2n) is 10.8. The first kappa shape index (κ1) is 26.3. The number of amides is 1. The first-order valence-corrected chi connectivity index (χ1v) is 13.8. The standard InChI is InChI=1S/C34H25N3O6/c1-43-24-12-7-10-22(19-24)32(39)30-29(31(38)21-9-6-11-23(18-21)37(41)42)34(25-13-3-4-14-26(25)35-33(34)40)28-17-16-20-8-2-5-15-27(20)36(28)30/h2-19,28-30H,1H3,(H,35,40)/t28-,29-,30-,34-/m1/s1. The zero-order valence-electron chi connectivity index (χ0n) is 23.0. The third-order valence-corrected chi connectivity index (χ3v) is 8.79. The molecule has 1 spiro atoms. The molecule has 7 rings (SSSR count). The molecule has 0 aliphatic carbocycles. The van der Waals surface area contributed by atoms with E-state index in [0.717, 1.165) is 5.56 Å². The fourth-order valence-corrected chi connectivity index (χ4v) is 7.02. The Bertz CT molecular complexity index is 1880. The van der Waals surface area contributed by atoms with Crippen molar-refractivity contribution < 1.29 is 24.0 Å². The minimum atomic E-state index is -1.51. The Balaban J connectivity index is 1.53.